The summed E-state index contributed by atoms with van der Waals surface area (Å²) in [6.45, 7) is 3.67. The Morgan fingerprint density at radius 3 is 3.14 bits per heavy atom. The van der Waals surface area contributed by atoms with Crippen molar-refractivity contribution in [2.75, 3.05) is 18.4 Å². The molecule has 3 nitrogen and oxygen atoms in total. The molecule has 74 valence electrons. The Morgan fingerprint density at radius 2 is 2.36 bits per heavy atom. The second-order valence-electron chi connectivity index (χ2n) is 3.41. The fraction of sp³-hybridized carbons (Fsp3) is 0.364. The Bertz CT molecular complexity index is 360. The number of fused-ring (bicyclic) bond motifs is 1. The maximum Gasteiger partial charge on any atom is 0.251 e. The number of amides is 1. The maximum atomic E-state index is 11.5. The predicted molar refractivity (Wildman–Crippen MR) is 56.6 cm³/mol. The van der Waals surface area contributed by atoms with E-state index in [1.807, 2.05) is 25.1 Å². The number of benzene rings is 1. The van der Waals surface area contributed by atoms with E-state index in [-0.39, 0.29) is 5.91 Å². The van der Waals surface area contributed by atoms with Gasteiger partial charge in [0.05, 0.1) is 0 Å². The molecule has 1 heterocycles. The van der Waals surface area contributed by atoms with Crippen LogP contribution in [0.3, 0.4) is 0 Å². The molecule has 0 bridgehead atoms. The Balaban J connectivity index is 2.36. The molecule has 3 heteroatoms. The zero-order chi connectivity index (χ0) is 9.97. The van der Waals surface area contributed by atoms with Gasteiger partial charge in [0.15, 0.2) is 0 Å². The normalized spacial score (nSPS) is 14.5. The third-order valence-electron chi connectivity index (χ3n) is 2.42. The van der Waals surface area contributed by atoms with Crippen LogP contribution >= 0.6 is 0 Å². The van der Waals surface area contributed by atoms with Crippen molar-refractivity contribution in [3.63, 3.8) is 0 Å². The topological polar surface area (TPSA) is 41.1 Å². The van der Waals surface area contributed by atoms with E-state index in [1.54, 1.807) is 0 Å². The van der Waals surface area contributed by atoms with Gasteiger partial charge in [-0.15, -0.1) is 0 Å². The van der Waals surface area contributed by atoms with Gasteiger partial charge in [0.1, 0.15) is 0 Å². The van der Waals surface area contributed by atoms with E-state index in [0.29, 0.717) is 0 Å². The Labute approximate surface area is 83.5 Å². The van der Waals surface area contributed by atoms with Crippen LogP contribution in [0.5, 0.6) is 0 Å². The van der Waals surface area contributed by atoms with Crippen LogP contribution in [0.2, 0.25) is 0 Å². The highest BCUT2D eigenvalue weighted by atomic mass is 16.1. The van der Waals surface area contributed by atoms with Crippen molar-refractivity contribution in [2.24, 2.45) is 0 Å². The van der Waals surface area contributed by atoms with Crippen molar-refractivity contribution < 1.29 is 4.79 Å². The minimum absolute atomic E-state index is 0.0472. The van der Waals surface area contributed by atoms with Crippen molar-refractivity contribution in [2.45, 2.75) is 13.3 Å². The summed E-state index contributed by atoms with van der Waals surface area (Å²) in [5.74, 6) is 0.0472. The van der Waals surface area contributed by atoms with E-state index in [9.17, 15) is 4.79 Å². The first-order valence-electron chi connectivity index (χ1n) is 4.96. The smallest absolute Gasteiger partial charge is 0.251 e. The number of rotatable bonds is 2. The molecule has 2 N–H and O–H groups in total. The van der Waals surface area contributed by atoms with Gasteiger partial charge in [0.25, 0.3) is 5.91 Å². The highest BCUT2D eigenvalue weighted by Crippen LogP contribution is 2.18. The van der Waals surface area contributed by atoms with Crippen molar-refractivity contribution in [3.8, 4) is 0 Å². The molecule has 0 saturated heterocycles. The third kappa shape index (κ3) is 1.58. The SMILES string of the molecule is CCNc1ccc2c(c1)C(=O)NCC2. The summed E-state index contributed by atoms with van der Waals surface area (Å²) in [7, 11) is 0. The number of anilines is 1. The maximum absolute atomic E-state index is 11.5. The quantitative estimate of drug-likeness (QED) is 0.740. The number of nitrogens with one attached hydrogen (secondary N) is 2. The van der Waals surface area contributed by atoms with Crippen LogP contribution in [0.4, 0.5) is 5.69 Å². The molecule has 14 heavy (non-hydrogen) atoms. The summed E-state index contributed by atoms with van der Waals surface area (Å²) < 4.78 is 0. The fourth-order valence-corrected chi connectivity index (χ4v) is 1.73. The van der Waals surface area contributed by atoms with Crippen LogP contribution in [0.1, 0.15) is 22.8 Å². The standard InChI is InChI=1S/C11H14N2O/c1-2-12-9-4-3-8-5-6-13-11(14)10(8)7-9/h3-4,7,12H,2,5-6H2,1H3,(H,13,14). The molecule has 1 aliphatic rings. The summed E-state index contributed by atoms with van der Waals surface area (Å²) in [6, 6.07) is 5.99. The number of hydrogen-bond acceptors (Lipinski definition) is 2. The lowest BCUT2D eigenvalue weighted by Crippen LogP contribution is -2.31. The molecule has 2 rings (SSSR count). The second-order valence-corrected chi connectivity index (χ2v) is 3.41. The lowest BCUT2D eigenvalue weighted by molar-refractivity contribution is 0.0946. The van der Waals surface area contributed by atoms with Crippen molar-refractivity contribution >= 4 is 11.6 Å². The van der Waals surface area contributed by atoms with Crippen LogP contribution in [-0.2, 0) is 6.42 Å². The van der Waals surface area contributed by atoms with Gasteiger partial charge in [-0.3, -0.25) is 4.79 Å². The summed E-state index contributed by atoms with van der Waals surface area (Å²) in [5, 5.41) is 6.04. The summed E-state index contributed by atoms with van der Waals surface area (Å²) in [5.41, 5.74) is 2.98. The van der Waals surface area contributed by atoms with Crippen LogP contribution in [0.15, 0.2) is 18.2 Å². The van der Waals surface area contributed by atoms with Gasteiger partial charge in [0, 0.05) is 24.3 Å². The first-order chi connectivity index (χ1) is 6.81. The largest absolute Gasteiger partial charge is 0.385 e. The van der Waals surface area contributed by atoms with E-state index in [0.717, 1.165) is 36.3 Å². The van der Waals surface area contributed by atoms with Gasteiger partial charge in [-0.05, 0) is 31.0 Å². The molecule has 0 aromatic heterocycles. The van der Waals surface area contributed by atoms with Crippen molar-refractivity contribution in [3.05, 3.63) is 29.3 Å². The first-order valence-corrected chi connectivity index (χ1v) is 4.96. The zero-order valence-corrected chi connectivity index (χ0v) is 8.26. The number of hydrogen-bond donors (Lipinski definition) is 2. The molecule has 0 radical (unpaired) electrons. The molecule has 1 aromatic rings. The molecule has 1 amide bonds. The Kier molecular flexibility index (Phi) is 2.39. The monoisotopic (exact) mass is 190 g/mol. The van der Waals surface area contributed by atoms with E-state index in [1.165, 1.54) is 0 Å². The predicted octanol–water partition coefficient (Wildman–Crippen LogP) is 1.40. The minimum atomic E-state index is 0.0472. The van der Waals surface area contributed by atoms with Gasteiger partial charge in [-0.2, -0.15) is 0 Å². The molecule has 1 aliphatic heterocycles. The van der Waals surface area contributed by atoms with Crippen LogP contribution in [-0.4, -0.2) is 19.0 Å². The van der Waals surface area contributed by atoms with Gasteiger partial charge in [-0.25, -0.2) is 0 Å². The van der Waals surface area contributed by atoms with Crippen molar-refractivity contribution in [1.82, 2.24) is 5.32 Å². The Hall–Kier alpha value is -1.51. The Morgan fingerprint density at radius 1 is 1.50 bits per heavy atom. The highest BCUT2D eigenvalue weighted by molar-refractivity contribution is 5.97. The first kappa shape index (κ1) is 9.06. The molecule has 0 atom stereocenters. The summed E-state index contributed by atoms with van der Waals surface area (Å²) in [4.78, 5) is 11.5. The van der Waals surface area contributed by atoms with Crippen molar-refractivity contribution in [1.29, 1.82) is 0 Å². The van der Waals surface area contributed by atoms with Gasteiger partial charge < -0.3 is 10.6 Å². The van der Waals surface area contributed by atoms with Crippen LogP contribution in [0, 0.1) is 0 Å². The molecule has 0 fully saturated rings. The zero-order valence-electron chi connectivity index (χ0n) is 8.26. The molecule has 0 unspecified atom stereocenters. The lowest BCUT2D eigenvalue weighted by atomic mass is 10.00. The van der Waals surface area contributed by atoms with Crippen LogP contribution < -0.4 is 10.6 Å². The third-order valence-corrected chi connectivity index (χ3v) is 2.42. The van der Waals surface area contributed by atoms with Crippen LogP contribution in [0.25, 0.3) is 0 Å². The molecular weight excluding hydrogens is 176 g/mol. The average Bonchev–Trinajstić information content (AvgIpc) is 2.20. The molecule has 0 saturated carbocycles. The minimum Gasteiger partial charge on any atom is -0.385 e. The number of carbonyl (C=O) groups excluding carboxylic acids is 1. The summed E-state index contributed by atoms with van der Waals surface area (Å²) in [6.07, 6.45) is 0.938. The number of carbonyl (C=O) groups is 1. The lowest BCUT2D eigenvalue weighted by Gasteiger charge is -2.17. The van der Waals surface area contributed by atoms with Gasteiger partial charge in [-0.1, -0.05) is 6.07 Å². The van der Waals surface area contributed by atoms with E-state index < -0.39 is 0 Å². The fourth-order valence-electron chi connectivity index (χ4n) is 1.73. The van der Waals surface area contributed by atoms with Gasteiger partial charge in [0.2, 0.25) is 0 Å². The van der Waals surface area contributed by atoms with E-state index in [2.05, 4.69) is 10.6 Å². The summed E-state index contributed by atoms with van der Waals surface area (Å²) >= 11 is 0. The molecule has 0 spiro atoms. The van der Waals surface area contributed by atoms with E-state index >= 15 is 0 Å². The van der Waals surface area contributed by atoms with Gasteiger partial charge >= 0.3 is 0 Å². The molecule has 1 aromatic carbocycles. The second kappa shape index (κ2) is 3.70. The van der Waals surface area contributed by atoms with E-state index in [4.69, 9.17) is 0 Å². The average molecular weight is 190 g/mol. The highest BCUT2D eigenvalue weighted by Gasteiger charge is 2.16. The molecule has 0 aliphatic carbocycles. The molecular formula is C11H14N2O.